The van der Waals surface area contributed by atoms with E-state index >= 15 is 0 Å². The van der Waals surface area contributed by atoms with E-state index < -0.39 is 11.9 Å². The highest BCUT2D eigenvalue weighted by molar-refractivity contribution is 7.21. The van der Waals surface area contributed by atoms with Crippen molar-refractivity contribution in [1.29, 1.82) is 0 Å². The van der Waals surface area contributed by atoms with Gasteiger partial charge in [-0.25, -0.2) is 4.79 Å². The number of hydrogen-bond donors (Lipinski definition) is 4. The first-order chi connectivity index (χ1) is 11.0. The molecule has 4 amide bonds. The van der Waals surface area contributed by atoms with Crippen LogP contribution in [0, 0.1) is 0 Å². The van der Waals surface area contributed by atoms with Gasteiger partial charge in [0.2, 0.25) is 5.91 Å². The quantitative estimate of drug-likeness (QED) is 0.484. The summed E-state index contributed by atoms with van der Waals surface area (Å²) in [4.78, 5) is 34.5. The second-order valence-corrected chi connectivity index (χ2v) is 6.07. The Morgan fingerprint density at radius 2 is 1.91 bits per heavy atom. The number of hydrogen-bond acceptors (Lipinski definition) is 4. The Hall–Kier alpha value is -2.32. The molecule has 2 rings (SSSR count). The number of carbonyl (C=O) groups is 3. The van der Waals surface area contributed by atoms with E-state index in [0.717, 1.165) is 10.1 Å². The molecule has 7 nitrogen and oxygen atoms in total. The molecule has 0 aliphatic carbocycles. The standard InChI is InChI=1S/C14H15ClN4O3S/c15-11-8-4-1-2-5-9(8)23-12(11)13(21)19-18-10(20)6-3-7-17-14(16)22/h1-2,4-5H,3,6-7H2,(H,18,20)(H,19,21)(H3,16,17,22). The first-order valence-corrected chi connectivity index (χ1v) is 7.98. The van der Waals surface area contributed by atoms with Crippen molar-refractivity contribution in [3.8, 4) is 0 Å². The van der Waals surface area contributed by atoms with Crippen molar-refractivity contribution in [3.05, 3.63) is 34.2 Å². The number of rotatable bonds is 5. The lowest BCUT2D eigenvalue weighted by molar-refractivity contribution is -0.121. The second-order valence-electron chi connectivity index (χ2n) is 4.64. The summed E-state index contributed by atoms with van der Waals surface area (Å²) in [5, 5.41) is 3.53. The van der Waals surface area contributed by atoms with Gasteiger partial charge in [-0.15, -0.1) is 11.3 Å². The Labute approximate surface area is 141 Å². The third-order valence-corrected chi connectivity index (χ3v) is 4.61. The monoisotopic (exact) mass is 354 g/mol. The molecule has 9 heteroatoms. The highest BCUT2D eigenvalue weighted by Gasteiger charge is 2.17. The number of fused-ring (bicyclic) bond motifs is 1. The average Bonchev–Trinajstić information content (AvgIpc) is 2.86. The van der Waals surface area contributed by atoms with Gasteiger partial charge in [0.05, 0.1) is 5.02 Å². The summed E-state index contributed by atoms with van der Waals surface area (Å²) in [6.07, 6.45) is 0.551. The van der Waals surface area contributed by atoms with Crippen molar-refractivity contribution < 1.29 is 14.4 Å². The molecule has 5 N–H and O–H groups in total. The van der Waals surface area contributed by atoms with Crippen molar-refractivity contribution >= 4 is 50.9 Å². The van der Waals surface area contributed by atoms with Crippen molar-refractivity contribution in [2.45, 2.75) is 12.8 Å². The minimum atomic E-state index is -0.641. The summed E-state index contributed by atoms with van der Waals surface area (Å²) in [5.74, 6) is -0.846. The van der Waals surface area contributed by atoms with Crippen LogP contribution in [0.1, 0.15) is 22.5 Å². The summed E-state index contributed by atoms with van der Waals surface area (Å²) < 4.78 is 0.895. The maximum Gasteiger partial charge on any atom is 0.312 e. The molecule has 0 fully saturated rings. The van der Waals surface area contributed by atoms with Crippen molar-refractivity contribution in [3.63, 3.8) is 0 Å². The van der Waals surface area contributed by atoms with Crippen LogP contribution in [0.5, 0.6) is 0 Å². The molecule has 2 aromatic rings. The highest BCUT2D eigenvalue weighted by atomic mass is 35.5. The van der Waals surface area contributed by atoms with Gasteiger partial charge in [-0.2, -0.15) is 0 Å². The van der Waals surface area contributed by atoms with Crippen LogP contribution in [0.3, 0.4) is 0 Å². The van der Waals surface area contributed by atoms with E-state index in [4.69, 9.17) is 17.3 Å². The number of nitrogens with one attached hydrogen (secondary N) is 3. The number of nitrogens with two attached hydrogens (primary N) is 1. The maximum absolute atomic E-state index is 12.1. The molecule has 1 aromatic carbocycles. The van der Waals surface area contributed by atoms with E-state index in [9.17, 15) is 14.4 Å². The summed E-state index contributed by atoms with van der Waals surface area (Å²) in [5.41, 5.74) is 9.53. The van der Waals surface area contributed by atoms with Crippen LogP contribution in [0.2, 0.25) is 5.02 Å². The second kappa shape index (κ2) is 7.80. The zero-order valence-electron chi connectivity index (χ0n) is 12.0. The fourth-order valence-electron chi connectivity index (χ4n) is 1.87. The summed E-state index contributed by atoms with van der Waals surface area (Å²) in [6, 6.07) is 6.75. The van der Waals surface area contributed by atoms with Gasteiger partial charge in [-0.05, 0) is 12.5 Å². The van der Waals surface area contributed by atoms with Gasteiger partial charge in [0, 0.05) is 23.1 Å². The number of amides is 4. The van der Waals surface area contributed by atoms with Gasteiger partial charge in [0.15, 0.2) is 0 Å². The molecule has 1 heterocycles. The molecule has 0 unspecified atom stereocenters. The fraction of sp³-hybridized carbons (Fsp3) is 0.214. The molecule has 0 aliphatic heterocycles. The topological polar surface area (TPSA) is 113 Å². The van der Waals surface area contributed by atoms with Gasteiger partial charge >= 0.3 is 6.03 Å². The average molecular weight is 355 g/mol. The van der Waals surface area contributed by atoms with E-state index in [1.54, 1.807) is 0 Å². The predicted molar refractivity (Wildman–Crippen MR) is 89.3 cm³/mol. The molecule has 0 aliphatic rings. The number of urea groups is 1. The van der Waals surface area contributed by atoms with Gasteiger partial charge in [0.25, 0.3) is 5.91 Å². The Morgan fingerprint density at radius 1 is 1.17 bits per heavy atom. The third-order valence-electron chi connectivity index (χ3n) is 2.94. The van der Waals surface area contributed by atoms with E-state index in [-0.39, 0.29) is 12.3 Å². The molecule has 0 atom stereocenters. The summed E-state index contributed by atoms with van der Waals surface area (Å²) in [7, 11) is 0. The van der Waals surface area contributed by atoms with Crippen LogP contribution in [0.4, 0.5) is 4.79 Å². The Bertz CT molecular complexity index is 747. The maximum atomic E-state index is 12.1. The minimum absolute atomic E-state index is 0.140. The summed E-state index contributed by atoms with van der Waals surface area (Å²) >= 11 is 7.44. The normalized spacial score (nSPS) is 10.3. The lowest BCUT2D eigenvalue weighted by atomic mass is 10.2. The molecule has 23 heavy (non-hydrogen) atoms. The van der Waals surface area contributed by atoms with Crippen LogP contribution < -0.4 is 21.9 Å². The lowest BCUT2D eigenvalue weighted by Gasteiger charge is -2.06. The summed E-state index contributed by atoms with van der Waals surface area (Å²) in [6.45, 7) is 0.291. The predicted octanol–water partition coefficient (Wildman–Crippen LogP) is 1.76. The molecular formula is C14H15ClN4O3S. The van der Waals surface area contributed by atoms with E-state index in [1.165, 1.54) is 11.3 Å². The Balaban J connectivity index is 1.85. The Kier molecular flexibility index (Phi) is 5.78. The van der Waals surface area contributed by atoms with Crippen LogP contribution in [0.25, 0.3) is 10.1 Å². The fourth-order valence-corrected chi connectivity index (χ4v) is 3.28. The largest absolute Gasteiger partial charge is 0.352 e. The first kappa shape index (κ1) is 17.0. The van der Waals surface area contributed by atoms with Crippen LogP contribution in [-0.4, -0.2) is 24.4 Å². The van der Waals surface area contributed by atoms with Crippen molar-refractivity contribution in [2.75, 3.05) is 6.54 Å². The molecule has 0 saturated heterocycles. The van der Waals surface area contributed by atoms with Crippen LogP contribution in [-0.2, 0) is 4.79 Å². The van der Waals surface area contributed by atoms with Crippen LogP contribution in [0.15, 0.2) is 24.3 Å². The first-order valence-electron chi connectivity index (χ1n) is 6.78. The number of thiophene rings is 1. The van der Waals surface area contributed by atoms with E-state index in [1.807, 2.05) is 24.3 Å². The smallest absolute Gasteiger partial charge is 0.312 e. The lowest BCUT2D eigenvalue weighted by Crippen LogP contribution is -2.41. The van der Waals surface area contributed by atoms with Crippen LogP contribution >= 0.6 is 22.9 Å². The van der Waals surface area contributed by atoms with Gasteiger partial charge in [-0.1, -0.05) is 29.8 Å². The molecule has 122 valence electrons. The number of hydrazine groups is 1. The number of halogens is 1. The Morgan fingerprint density at radius 3 is 2.61 bits per heavy atom. The third kappa shape index (κ3) is 4.57. The van der Waals surface area contributed by atoms with Crippen molar-refractivity contribution in [1.82, 2.24) is 16.2 Å². The van der Waals surface area contributed by atoms with Gasteiger partial charge in [-0.3, -0.25) is 20.4 Å². The number of benzene rings is 1. The highest BCUT2D eigenvalue weighted by Crippen LogP contribution is 2.34. The number of primary amides is 1. The minimum Gasteiger partial charge on any atom is -0.352 e. The number of carbonyl (C=O) groups excluding carboxylic acids is 3. The molecule has 1 aromatic heterocycles. The van der Waals surface area contributed by atoms with Gasteiger partial charge < -0.3 is 11.1 Å². The molecule has 0 spiro atoms. The SMILES string of the molecule is NC(=O)NCCCC(=O)NNC(=O)c1sc2ccccc2c1Cl. The molecule has 0 saturated carbocycles. The van der Waals surface area contributed by atoms with Crippen molar-refractivity contribution in [2.24, 2.45) is 5.73 Å². The molecule has 0 bridgehead atoms. The zero-order valence-corrected chi connectivity index (χ0v) is 13.6. The van der Waals surface area contributed by atoms with E-state index in [0.29, 0.717) is 22.9 Å². The van der Waals surface area contributed by atoms with E-state index in [2.05, 4.69) is 16.2 Å². The molecular weight excluding hydrogens is 340 g/mol. The van der Waals surface area contributed by atoms with Gasteiger partial charge in [0.1, 0.15) is 4.88 Å². The zero-order chi connectivity index (χ0) is 16.8. The molecule has 0 radical (unpaired) electrons.